The first-order chi connectivity index (χ1) is 10.7. The SMILES string of the molecule is CCOC1CC(N=C(N)Nc2ccccn2)C12CCOCC2.I. The number of nitrogens with zero attached hydrogens (tertiary/aromatic N) is 2. The topological polar surface area (TPSA) is 81.8 Å². The molecule has 3 rings (SSSR count). The molecule has 1 saturated carbocycles. The van der Waals surface area contributed by atoms with E-state index in [0.717, 1.165) is 39.1 Å². The Morgan fingerprint density at radius 3 is 2.91 bits per heavy atom. The maximum absolute atomic E-state index is 6.05. The second kappa shape index (κ2) is 8.25. The lowest BCUT2D eigenvalue weighted by atomic mass is 9.58. The van der Waals surface area contributed by atoms with Crippen LogP contribution in [0.15, 0.2) is 29.4 Å². The number of rotatable bonds is 4. The van der Waals surface area contributed by atoms with Gasteiger partial charge in [-0.3, -0.25) is 0 Å². The van der Waals surface area contributed by atoms with Crippen molar-refractivity contribution in [3.05, 3.63) is 24.4 Å². The normalized spacial score (nSPS) is 26.2. The Hall–Kier alpha value is -0.930. The van der Waals surface area contributed by atoms with Crippen LogP contribution in [0.3, 0.4) is 0 Å². The maximum Gasteiger partial charge on any atom is 0.194 e. The van der Waals surface area contributed by atoms with E-state index in [-0.39, 0.29) is 41.5 Å². The van der Waals surface area contributed by atoms with E-state index in [1.807, 2.05) is 25.1 Å². The second-order valence-corrected chi connectivity index (χ2v) is 5.90. The number of aliphatic imine (C=N–C) groups is 1. The predicted octanol–water partition coefficient (Wildman–Crippen LogP) is 2.40. The molecule has 0 aromatic carbocycles. The quantitative estimate of drug-likeness (QED) is 0.434. The van der Waals surface area contributed by atoms with Crippen molar-refractivity contribution < 1.29 is 9.47 Å². The van der Waals surface area contributed by atoms with E-state index in [2.05, 4.69) is 10.3 Å². The van der Waals surface area contributed by atoms with Crippen LogP contribution < -0.4 is 11.1 Å². The minimum Gasteiger partial charge on any atom is -0.381 e. The van der Waals surface area contributed by atoms with Crippen molar-refractivity contribution in [1.29, 1.82) is 0 Å². The number of nitrogens with one attached hydrogen (secondary N) is 1. The molecule has 2 fully saturated rings. The number of halogens is 1. The lowest BCUT2D eigenvalue weighted by Crippen LogP contribution is -2.60. The standard InChI is InChI=1S/C16H24N4O2.HI/c1-2-22-13-11-12(16(13)6-9-21-10-7-16)19-15(17)20-14-5-3-4-8-18-14;/h3-5,8,12-13H,2,6-7,9-11H2,1H3,(H3,17,18,19,20);1H. The third-order valence-electron chi connectivity index (χ3n) is 4.75. The highest BCUT2D eigenvalue weighted by Crippen LogP contribution is 2.52. The molecule has 1 aliphatic heterocycles. The fourth-order valence-electron chi connectivity index (χ4n) is 3.52. The van der Waals surface area contributed by atoms with Crippen LogP contribution in [-0.4, -0.2) is 42.9 Å². The van der Waals surface area contributed by atoms with Crippen LogP contribution in [0, 0.1) is 5.41 Å². The van der Waals surface area contributed by atoms with E-state index in [4.69, 9.17) is 20.2 Å². The van der Waals surface area contributed by atoms with Crippen LogP contribution in [0.5, 0.6) is 0 Å². The molecule has 0 amide bonds. The summed E-state index contributed by atoms with van der Waals surface area (Å²) in [5.74, 6) is 1.13. The number of hydrogen-bond donors (Lipinski definition) is 2. The molecule has 3 N–H and O–H groups in total. The highest BCUT2D eigenvalue weighted by molar-refractivity contribution is 14.0. The van der Waals surface area contributed by atoms with Gasteiger partial charge >= 0.3 is 0 Å². The van der Waals surface area contributed by atoms with Crippen molar-refractivity contribution in [1.82, 2.24) is 4.98 Å². The van der Waals surface area contributed by atoms with Gasteiger partial charge in [-0.1, -0.05) is 6.07 Å². The molecule has 1 aromatic heterocycles. The van der Waals surface area contributed by atoms with E-state index >= 15 is 0 Å². The Labute approximate surface area is 154 Å². The number of guanidine groups is 1. The van der Waals surface area contributed by atoms with Gasteiger partial charge in [0.05, 0.1) is 12.1 Å². The third-order valence-corrected chi connectivity index (χ3v) is 4.75. The largest absolute Gasteiger partial charge is 0.381 e. The molecule has 6 nitrogen and oxygen atoms in total. The zero-order chi connectivity index (χ0) is 15.4. The van der Waals surface area contributed by atoms with Crippen LogP contribution in [0.1, 0.15) is 26.2 Å². The summed E-state index contributed by atoms with van der Waals surface area (Å²) in [6.07, 6.45) is 4.91. The number of ether oxygens (including phenoxy) is 2. The molecule has 2 unspecified atom stereocenters. The third kappa shape index (κ3) is 3.95. The Morgan fingerprint density at radius 2 is 2.26 bits per heavy atom. The van der Waals surface area contributed by atoms with Gasteiger partial charge in [0.2, 0.25) is 0 Å². The average molecular weight is 432 g/mol. The highest BCUT2D eigenvalue weighted by Gasteiger charge is 2.56. The van der Waals surface area contributed by atoms with Crippen molar-refractivity contribution >= 4 is 35.8 Å². The van der Waals surface area contributed by atoms with Gasteiger partial charge in [0.1, 0.15) is 5.82 Å². The molecule has 1 aliphatic carbocycles. The van der Waals surface area contributed by atoms with Crippen LogP contribution in [0.2, 0.25) is 0 Å². The Kier molecular flexibility index (Phi) is 6.60. The Bertz CT molecular complexity index is 520. The molecule has 1 spiro atoms. The molecule has 1 saturated heterocycles. The molecular weight excluding hydrogens is 407 g/mol. The first kappa shape index (κ1) is 18.4. The van der Waals surface area contributed by atoms with Crippen LogP contribution in [0.25, 0.3) is 0 Å². The summed E-state index contributed by atoms with van der Waals surface area (Å²) in [5.41, 5.74) is 6.14. The van der Waals surface area contributed by atoms with Crippen molar-refractivity contribution in [2.45, 2.75) is 38.3 Å². The Balaban J connectivity index is 0.00000192. The molecule has 128 valence electrons. The van der Waals surface area contributed by atoms with Gasteiger partial charge in [0.25, 0.3) is 0 Å². The summed E-state index contributed by atoms with van der Waals surface area (Å²) in [6.45, 7) is 4.35. The molecule has 2 atom stereocenters. The summed E-state index contributed by atoms with van der Waals surface area (Å²) in [5, 5.41) is 3.05. The fraction of sp³-hybridized carbons (Fsp3) is 0.625. The van der Waals surface area contributed by atoms with Gasteiger partial charge in [-0.2, -0.15) is 0 Å². The smallest absolute Gasteiger partial charge is 0.194 e. The van der Waals surface area contributed by atoms with Gasteiger partial charge in [-0.05, 0) is 38.3 Å². The molecule has 0 bridgehead atoms. The Morgan fingerprint density at radius 1 is 1.48 bits per heavy atom. The van der Waals surface area contributed by atoms with Gasteiger partial charge in [-0.15, -0.1) is 24.0 Å². The molecule has 23 heavy (non-hydrogen) atoms. The number of nitrogens with two attached hydrogens (primary N) is 1. The first-order valence-electron chi connectivity index (χ1n) is 7.95. The van der Waals surface area contributed by atoms with Crippen molar-refractivity contribution in [2.24, 2.45) is 16.1 Å². The zero-order valence-corrected chi connectivity index (χ0v) is 15.7. The van der Waals surface area contributed by atoms with Crippen LogP contribution in [-0.2, 0) is 9.47 Å². The van der Waals surface area contributed by atoms with E-state index in [1.165, 1.54) is 0 Å². The lowest BCUT2D eigenvalue weighted by Gasteiger charge is -2.55. The van der Waals surface area contributed by atoms with Crippen molar-refractivity contribution in [2.75, 3.05) is 25.1 Å². The van der Waals surface area contributed by atoms with Gasteiger partial charge in [-0.25, -0.2) is 9.98 Å². The number of pyridine rings is 1. The fourth-order valence-corrected chi connectivity index (χ4v) is 3.52. The van der Waals surface area contributed by atoms with Gasteiger partial charge < -0.3 is 20.5 Å². The average Bonchev–Trinajstić information content (AvgIpc) is 2.55. The van der Waals surface area contributed by atoms with Crippen LogP contribution >= 0.6 is 24.0 Å². The minimum atomic E-state index is 0. The van der Waals surface area contributed by atoms with Gasteiger partial charge in [0, 0.05) is 31.4 Å². The molecule has 0 radical (unpaired) electrons. The molecule has 2 heterocycles. The monoisotopic (exact) mass is 432 g/mol. The van der Waals surface area contributed by atoms with Gasteiger partial charge in [0.15, 0.2) is 5.96 Å². The molecular formula is C16H25IN4O2. The summed E-state index contributed by atoms with van der Waals surface area (Å²) in [6, 6.07) is 5.85. The number of aromatic nitrogens is 1. The minimum absolute atomic E-state index is 0. The van der Waals surface area contributed by atoms with E-state index < -0.39 is 0 Å². The highest BCUT2D eigenvalue weighted by atomic mass is 127. The molecule has 2 aliphatic rings. The number of anilines is 1. The van der Waals surface area contributed by atoms with E-state index in [0.29, 0.717) is 11.8 Å². The van der Waals surface area contributed by atoms with Crippen molar-refractivity contribution in [3.63, 3.8) is 0 Å². The molecule has 7 heteroatoms. The molecule has 1 aromatic rings. The maximum atomic E-state index is 6.05. The zero-order valence-electron chi connectivity index (χ0n) is 13.4. The lowest BCUT2D eigenvalue weighted by molar-refractivity contribution is -0.163. The number of hydrogen-bond acceptors (Lipinski definition) is 4. The summed E-state index contributed by atoms with van der Waals surface area (Å²) in [7, 11) is 0. The predicted molar refractivity (Wildman–Crippen MR) is 101 cm³/mol. The van der Waals surface area contributed by atoms with E-state index in [1.54, 1.807) is 6.20 Å². The summed E-state index contributed by atoms with van der Waals surface area (Å²) in [4.78, 5) is 8.90. The second-order valence-electron chi connectivity index (χ2n) is 5.90. The van der Waals surface area contributed by atoms with Crippen LogP contribution in [0.4, 0.5) is 5.82 Å². The first-order valence-corrected chi connectivity index (χ1v) is 7.95. The van der Waals surface area contributed by atoms with E-state index in [9.17, 15) is 0 Å². The summed E-state index contributed by atoms with van der Waals surface area (Å²) >= 11 is 0. The van der Waals surface area contributed by atoms with Crippen molar-refractivity contribution in [3.8, 4) is 0 Å². The summed E-state index contributed by atoms with van der Waals surface area (Å²) < 4.78 is 11.4.